The summed E-state index contributed by atoms with van der Waals surface area (Å²) in [4.78, 5) is 25.6. The molecule has 124 valence electrons. The number of methoxy groups -OCH3 is 1. The van der Waals surface area contributed by atoms with Crippen molar-refractivity contribution < 1.29 is 27.5 Å². The fourth-order valence-electron chi connectivity index (χ4n) is 2.15. The highest BCUT2D eigenvalue weighted by Crippen LogP contribution is 2.27. The summed E-state index contributed by atoms with van der Waals surface area (Å²) < 4.78 is 41.6. The summed E-state index contributed by atoms with van der Waals surface area (Å²) in [7, 11) is 1.02. The topological polar surface area (TPSA) is 71.2 Å². The number of hydrogen-bond acceptors (Lipinski definition) is 3. The zero-order valence-corrected chi connectivity index (χ0v) is 12.6. The van der Waals surface area contributed by atoms with Gasteiger partial charge < -0.3 is 15.0 Å². The molecule has 5 nitrogen and oxygen atoms in total. The van der Waals surface area contributed by atoms with E-state index in [0.717, 1.165) is 7.11 Å². The van der Waals surface area contributed by atoms with Crippen LogP contribution in [0.2, 0.25) is 5.15 Å². The molecule has 1 aromatic heterocycles. The van der Waals surface area contributed by atoms with Gasteiger partial charge in [0.15, 0.2) is 0 Å². The van der Waals surface area contributed by atoms with E-state index in [9.17, 15) is 22.8 Å². The standard InChI is InChI=1S/C14H12ClF3N2O3/c1-23-12(21)10(20-13(22)14(16,17)18)6-8-7-4-2-3-5-9(7)19-11(8)15/h2-5,10,19H,6H2,1H3,(H,20,22)/t10-/m1/s1. The van der Waals surface area contributed by atoms with Crippen LogP contribution >= 0.6 is 11.6 Å². The Kier molecular flexibility index (Phi) is 4.84. The number of alkyl halides is 3. The first-order valence-electron chi connectivity index (χ1n) is 6.44. The van der Waals surface area contributed by atoms with Crippen LogP contribution < -0.4 is 5.32 Å². The van der Waals surface area contributed by atoms with Gasteiger partial charge in [0.2, 0.25) is 0 Å². The van der Waals surface area contributed by atoms with E-state index in [1.807, 2.05) is 0 Å². The Bertz CT molecular complexity index is 742. The number of aromatic nitrogens is 1. The number of rotatable bonds is 4. The van der Waals surface area contributed by atoms with Gasteiger partial charge in [0.05, 0.1) is 7.11 Å². The van der Waals surface area contributed by atoms with Crippen molar-refractivity contribution in [3.05, 3.63) is 35.0 Å². The van der Waals surface area contributed by atoms with Gasteiger partial charge in [-0.05, 0) is 11.6 Å². The molecule has 0 unspecified atom stereocenters. The van der Waals surface area contributed by atoms with Gasteiger partial charge in [0, 0.05) is 17.3 Å². The lowest BCUT2D eigenvalue weighted by Crippen LogP contribution is -2.48. The highest BCUT2D eigenvalue weighted by atomic mass is 35.5. The Hall–Kier alpha value is -2.22. The number of para-hydroxylation sites is 1. The summed E-state index contributed by atoms with van der Waals surface area (Å²) in [5.74, 6) is -3.21. The van der Waals surface area contributed by atoms with E-state index < -0.39 is 24.1 Å². The van der Waals surface area contributed by atoms with Crippen LogP contribution in [0.15, 0.2) is 24.3 Å². The molecule has 2 N–H and O–H groups in total. The van der Waals surface area contributed by atoms with Gasteiger partial charge in [-0.2, -0.15) is 13.2 Å². The van der Waals surface area contributed by atoms with E-state index in [4.69, 9.17) is 11.6 Å². The lowest BCUT2D eigenvalue weighted by Gasteiger charge is -2.17. The molecule has 2 aromatic rings. The lowest BCUT2D eigenvalue weighted by molar-refractivity contribution is -0.175. The van der Waals surface area contributed by atoms with Crippen molar-refractivity contribution >= 4 is 34.4 Å². The molecular formula is C14H12ClF3N2O3. The molecular weight excluding hydrogens is 337 g/mol. The summed E-state index contributed by atoms with van der Waals surface area (Å²) in [6, 6.07) is 5.39. The second-order valence-electron chi connectivity index (χ2n) is 4.71. The number of amides is 1. The fourth-order valence-corrected chi connectivity index (χ4v) is 2.43. The first kappa shape index (κ1) is 17.1. The minimum atomic E-state index is -5.10. The van der Waals surface area contributed by atoms with E-state index in [2.05, 4.69) is 9.72 Å². The first-order chi connectivity index (χ1) is 10.7. The van der Waals surface area contributed by atoms with E-state index in [-0.39, 0.29) is 11.6 Å². The number of fused-ring (bicyclic) bond motifs is 1. The van der Waals surface area contributed by atoms with Gasteiger partial charge in [0.25, 0.3) is 0 Å². The Morgan fingerprint density at radius 3 is 2.61 bits per heavy atom. The quantitative estimate of drug-likeness (QED) is 0.834. The van der Waals surface area contributed by atoms with Crippen molar-refractivity contribution in [2.75, 3.05) is 7.11 Å². The molecule has 0 bridgehead atoms. The minimum Gasteiger partial charge on any atom is -0.467 e. The third-order valence-corrected chi connectivity index (χ3v) is 3.54. The predicted molar refractivity (Wildman–Crippen MR) is 77.0 cm³/mol. The SMILES string of the molecule is COC(=O)[C@@H](Cc1c(Cl)[nH]c2ccccc12)NC(=O)C(F)(F)F. The summed E-state index contributed by atoms with van der Waals surface area (Å²) in [6.07, 6.45) is -5.34. The van der Waals surface area contributed by atoms with Crippen molar-refractivity contribution in [3.63, 3.8) is 0 Å². The second kappa shape index (κ2) is 6.49. The number of aromatic amines is 1. The molecule has 0 saturated heterocycles. The van der Waals surface area contributed by atoms with Gasteiger partial charge in [-0.15, -0.1) is 0 Å². The maximum absolute atomic E-state index is 12.4. The summed E-state index contributed by atoms with van der Waals surface area (Å²) in [6.45, 7) is 0. The summed E-state index contributed by atoms with van der Waals surface area (Å²) in [5, 5.41) is 2.45. The molecule has 0 aliphatic heterocycles. The van der Waals surface area contributed by atoms with Crippen LogP contribution in [-0.4, -0.2) is 36.2 Å². The average Bonchev–Trinajstić information content (AvgIpc) is 2.80. The normalized spacial score (nSPS) is 12.9. The molecule has 1 amide bonds. The van der Waals surface area contributed by atoms with Crippen molar-refractivity contribution in [2.45, 2.75) is 18.6 Å². The van der Waals surface area contributed by atoms with E-state index in [1.54, 1.807) is 29.6 Å². The maximum Gasteiger partial charge on any atom is 0.471 e. The van der Waals surface area contributed by atoms with Crippen molar-refractivity contribution in [3.8, 4) is 0 Å². The zero-order chi connectivity index (χ0) is 17.2. The Morgan fingerprint density at radius 1 is 1.35 bits per heavy atom. The van der Waals surface area contributed by atoms with Crippen LogP contribution in [-0.2, 0) is 20.7 Å². The molecule has 0 aliphatic rings. The molecule has 1 heterocycles. The van der Waals surface area contributed by atoms with Crippen LogP contribution in [0.3, 0.4) is 0 Å². The number of carbonyl (C=O) groups excluding carboxylic acids is 2. The molecule has 0 saturated carbocycles. The largest absolute Gasteiger partial charge is 0.471 e. The maximum atomic E-state index is 12.4. The number of nitrogens with one attached hydrogen (secondary N) is 2. The van der Waals surface area contributed by atoms with Gasteiger partial charge >= 0.3 is 18.1 Å². The first-order valence-corrected chi connectivity index (χ1v) is 6.82. The Balaban J connectivity index is 2.32. The molecule has 0 radical (unpaired) electrons. The number of hydrogen-bond donors (Lipinski definition) is 2. The average molecular weight is 349 g/mol. The Morgan fingerprint density at radius 2 is 2.00 bits per heavy atom. The molecule has 1 atom stereocenters. The van der Waals surface area contributed by atoms with E-state index in [0.29, 0.717) is 16.5 Å². The van der Waals surface area contributed by atoms with Crippen LogP contribution in [0.4, 0.5) is 13.2 Å². The monoisotopic (exact) mass is 348 g/mol. The molecule has 0 aliphatic carbocycles. The molecule has 1 aromatic carbocycles. The second-order valence-corrected chi connectivity index (χ2v) is 5.09. The van der Waals surface area contributed by atoms with Gasteiger partial charge in [-0.3, -0.25) is 4.79 Å². The Labute approximate surface area is 133 Å². The highest BCUT2D eigenvalue weighted by molar-refractivity contribution is 6.31. The third-order valence-electron chi connectivity index (χ3n) is 3.22. The van der Waals surface area contributed by atoms with Gasteiger partial charge in [0.1, 0.15) is 11.2 Å². The smallest absolute Gasteiger partial charge is 0.467 e. The predicted octanol–water partition coefficient (Wildman–Crippen LogP) is 2.58. The number of benzene rings is 1. The van der Waals surface area contributed by atoms with Gasteiger partial charge in [-0.1, -0.05) is 29.8 Å². The molecule has 2 rings (SSSR count). The molecule has 23 heavy (non-hydrogen) atoms. The van der Waals surface area contributed by atoms with Gasteiger partial charge in [-0.25, -0.2) is 4.79 Å². The zero-order valence-electron chi connectivity index (χ0n) is 11.8. The number of carbonyl (C=O) groups is 2. The summed E-state index contributed by atoms with van der Waals surface area (Å²) >= 11 is 6.04. The summed E-state index contributed by atoms with van der Waals surface area (Å²) in [5.41, 5.74) is 1.08. The van der Waals surface area contributed by atoms with Crippen molar-refractivity contribution in [1.82, 2.24) is 10.3 Å². The molecule has 9 heteroatoms. The highest BCUT2D eigenvalue weighted by Gasteiger charge is 2.41. The lowest BCUT2D eigenvalue weighted by atomic mass is 10.0. The minimum absolute atomic E-state index is 0.182. The number of esters is 1. The van der Waals surface area contributed by atoms with E-state index >= 15 is 0 Å². The number of H-pyrrole nitrogens is 1. The van der Waals surface area contributed by atoms with Crippen molar-refractivity contribution in [1.29, 1.82) is 0 Å². The van der Waals surface area contributed by atoms with Crippen LogP contribution in [0.1, 0.15) is 5.56 Å². The fraction of sp³-hybridized carbons (Fsp3) is 0.286. The van der Waals surface area contributed by atoms with E-state index in [1.165, 1.54) is 0 Å². The molecule has 0 fully saturated rings. The molecule has 0 spiro atoms. The number of ether oxygens (including phenoxy) is 1. The van der Waals surface area contributed by atoms with Crippen LogP contribution in [0.25, 0.3) is 10.9 Å². The number of halogens is 4. The van der Waals surface area contributed by atoms with Crippen LogP contribution in [0, 0.1) is 0 Å². The third kappa shape index (κ3) is 3.76. The van der Waals surface area contributed by atoms with Crippen molar-refractivity contribution in [2.24, 2.45) is 0 Å². The van der Waals surface area contributed by atoms with Crippen LogP contribution in [0.5, 0.6) is 0 Å².